The number of imidazole rings is 1. The van der Waals surface area contributed by atoms with Gasteiger partial charge in [-0.1, -0.05) is 23.7 Å². The molecule has 2 N–H and O–H groups in total. The molecular formula is C14H17ClN4S. The summed E-state index contributed by atoms with van der Waals surface area (Å²) in [6.45, 7) is 2.78. The predicted octanol–water partition coefficient (Wildman–Crippen LogP) is 2.65. The topological polar surface area (TPSA) is 41.9 Å². The number of benzene rings is 1. The van der Waals surface area contributed by atoms with Crippen LogP contribution in [0.4, 0.5) is 0 Å². The molecule has 0 radical (unpaired) electrons. The van der Waals surface area contributed by atoms with Crippen LogP contribution >= 0.6 is 23.8 Å². The van der Waals surface area contributed by atoms with Crippen molar-refractivity contribution < 1.29 is 0 Å². The highest BCUT2D eigenvalue weighted by Gasteiger charge is 2.19. The molecule has 0 saturated heterocycles. The molecule has 0 amide bonds. The minimum absolute atomic E-state index is 0.112. The van der Waals surface area contributed by atoms with Crippen molar-refractivity contribution in [1.82, 2.24) is 20.2 Å². The van der Waals surface area contributed by atoms with E-state index in [1.165, 1.54) is 0 Å². The van der Waals surface area contributed by atoms with Crippen LogP contribution in [0.15, 0.2) is 36.7 Å². The summed E-state index contributed by atoms with van der Waals surface area (Å²) >= 11 is 11.2. The van der Waals surface area contributed by atoms with Gasteiger partial charge in [0.2, 0.25) is 0 Å². The first-order valence-electron chi connectivity index (χ1n) is 6.39. The number of thiocarbonyl (C=S) groups is 1. The van der Waals surface area contributed by atoms with Crippen molar-refractivity contribution in [2.75, 3.05) is 6.54 Å². The number of rotatable bonds is 4. The number of hydrogen-bond donors (Lipinski definition) is 2. The van der Waals surface area contributed by atoms with Gasteiger partial charge in [-0.05, 0) is 36.8 Å². The Kier molecular flexibility index (Phi) is 4.98. The molecule has 0 saturated carbocycles. The van der Waals surface area contributed by atoms with Crippen LogP contribution in [0.1, 0.15) is 24.4 Å². The molecule has 106 valence electrons. The third-order valence-electron chi connectivity index (χ3n) is 2.93. The summed E-state index contributed by atoms with van der Waals surface area (Å²) in [7, 11) is 1.96. The lowest BCUT2D eigenvalue weighted by molar-refractivity contribution is 0.653. The van der Waals surface area contributed by atoms with Crippen molar-refractivity contribution >= 4 is 28.9 Å². The van der Waals surface area contributed by atoms with Crippen LogP contribution < -0.4 is 10.6 Å². The van der Waals surface area contributed by atoms with Gasteiger partial charge in [-0.3, -0.25) is 0 Å². The van der Waals surface area contributed by atoms with Crippen LogP contribution in [0.25, 0.3) is 0 Å². The van der Waals surface area contributed by atoms with E-state index in [0.29, 0.717) is 10.1 Å². The van der Waals surface area contributed by atoms with Gasteiger partial charge in [-0.15, -0.1) is 0 Å². The lowest BCUT2D eigenvalue weighted by Crippen LogP contribution is -2.38. The quantitative estimate of drug-likeness (QED) is 0.852. The molecule has 1 heterocycles. The summed E-state index contributed by atoms with van der Waals surface area (Å²) in [6.07, 6.45) is 3.69. The average molecular weight is 309 g/mol. The minimum Gasteiger partial charge on any atom is -0.363 e. The lowest BCUT2D eigenvalue weighted by Gasteiger charge is -2.21. The first kappa shape index (κ1) is 14.8. The number of aromatic nitrogens is 2. The first-order chi connectivity index (χ1) is 9.61. The molecular weight excluding hydrogens is 292 g/mol. The maximum Gasteiger partial charge on any atom is 0.167 e. The van der Waals surface area contributed by atoms with Gasteiger partial charge in [0, 0.05) is 31.0 Å². The molecule has 0 spiro atoms. The van der Waals surface area contributed by atoms with Crippen LogP contribution in [-0.2, 0) is 7.05 Å². The van der Waals surface area contributed by atoms with Crippen molar-refractivity contribution in [3.05, 3.63) is 53.1 Å². The molecule has 20 heavy (non-hydrogen) atoms. The second-order valence-electron chi connectivity index (χ2n) is 4.38. The molecule has 0 bridgehead atoms. The van der Waals surface area contributed by atoms with Gasteiger partial charge in [-0.2, -0.15) is 0 Å². The molecule has 4 nitrogen and oxygen atoms in total. The Hall–Kier alpha value is -1.59. The summed E-state index contributed by atoms with van der Waals surface area (Å²) in [5.41, 5.74) is 1.06. The Labute approximate surface area is 129 Å². The maximum absolute atomic E-state index is 5.95. The highest BCUT2D eigenvalue weighted by atomic mass is 35.5. The van der Waals surface area contributed by atoms with Crippen LogP contribution in [0.5, 0.6) is 0 Å². The predicted molar refractivity (Wildman–Crippen MR) is 85.9 cm³/mol. The SMILES string of the molecule is CCNC(=S)N[C@@H](c1ccc(Cl)cc1)c1nccn1C. The minimum atomic E-state index is -0.112. The molecule has 2 aromatic rings. The van der Waals surface area contributed by atoms with E-state index in [2.05, 4.69) is 15.6 Å². The second-order valence-corrected chi connectivity index (χ2v) is 5.23. The van der Waals surface area contributed by atoms with Crippen molar-refractivity contribution in [2.24, 2.45) is 7.05 Å². The Morgan fingerprint density at radius 1 is 1.40 bits per heavy atom. The van der Waals surface area contributed by atoms with E-state index in [9.17, 15) is 0 Å². The average Bonchev–Trinajstić information content (AvgIpc) is 2.84. The fourth-order valence-corrected chi connectivity index (χ4v) is 2.34. The van der Waals surface area contributed by atoms with Gasteiger partial charge in [-0.25, -0.2) is 4.98 Å². The Morgan fingerprint density at radius 3 is 2.65 bits per heavy atom. The van der Waals surface area contributed by atoms with E-state index >= 15 is 0 Å². The van der Waals surface area contributed by atoms with E-state index in [1.54, 1.807) is 6.20 Å². The third kappa shape index (κ3) is 3.49. The van der Waals surface area contributed by atoms with Crippen LogP contribution in [0.2, 0.25) is 5.02 Å². The Balaban J connectivity index is 2.31. The zero-order chi connectivity index (χ0) is 14.5. The zero-order valence-corrected chi connectivity index (χ0v) is 13.0. The summed E-state index contributed by atoms with van der Waals surface area (Å²) in [5.74, 6) is 0.896. The lowest BCUT2D eigenvalue weighted by atomic mass is 10.1. The standard InChI is InChI=1S/C14H17ClN4S/c1-3-16-14(20)18-12(13-17-8-9-19(13)2)10-4-6-11(15)7-5-10/h4-9,12H,3H2,1-2H3,(H2,16,18,20)/t12-/m0/s1. The molecule has 0 aliphatic carbocycles. The molecule has 1 atom stereocenters. The van der Waals surface area contributed by atoms with Gasteiger partial charge in [0.05, 0.1) is 0 Å². The van der Waals surface area contributed by atoms with Gasteiger partial charge in [0.15, 0.2) is 5.11 Å². The van der Waals surface area contributed by atoms with Crippen molar-refractivity contribution in [3.63, 3.8) is 0 Å². The van der Waals surface area contributed by atoms with Crippen LogP contribution in [0.3, 0.4) is 0 Å². The van der Waals surface area contributed by atoms with E-state index in [4.69, 9.17) is 23.8 Å². The molecule has 6 heteroatoms. The molecule has 0 fully saturated rings. The first-order valence-corrected chi connectivity index (χ1v) is 7.17. The van der Waals surface area contributed by atoms with Crippen molar-refractivity contribution in [3.8, 4) is 0 Å². The number of hydrogen-bond acceptors (Lipinski definition) is 2. The van der Waals surface area contributed by atoms with Crippen LogP contribution in [-0.4, -0.2) is 21.2 Å². The smallest absolute Gasteiger partial charge is 0.167 e. The number of nitrogens with zero attached hydrogens (tertiary/aromatic N) is 2. The molecule has 0 unspecified atom stereocenters. The highest BCUT2D eigenvalue weighted by Crippen LogP contribution is 2.22. The molecule has 0 aliphatic rings. The summed E-state index contributed by atoms with van der Waals surface area (Å²) in [6, 6.07) is 7.57. The van der Waals surface area contributed by atoms with Gasteiger partial charge >= 0.3 is 0 Å². The highest BCUT2D eigenvalue weighted by molar-refractivity contribution is 7.80. The Morgan fingerprint density at radius 2 is 2.10 bits per heavy atom. The van der Waals surface area contributed by atoms with Gasteiger partial charge in [0.1, 0.15) is 11.9 Å². The van der Waals surface area contributed by atoms with E-state index in [-0.39, 0.29) is 6.04 Å². The number of aryl methyl sites for hydroxylation is 1. The number of nitrogens with one attached hydrogen (secondary N) is 2. The summed E-state index contributed by atoms with van der Waals surface area (Å²) in [5, 5.41) is 7.70. The summed E-state index contributed by atoms with van der Waals surface area (Å²) < 4.78 is 1.97. The van der Waals surface area contributed by atoms with Crippen molar-refractivity contribution in [1.29, 1.82) is 0 Å². The summed E-state index contributed by atoms with van der Waals surface area (Å²) in [4.78, 5) is 4.41. The zero-order valence-electron chi connectivity index (χ0n) is 11.4. The Bertz CT molecular complexity index is 579. The molecule has 2 rings (SSSR count). The van der Waals surface area contributed by atoms with Crippen LogP contribution in [0, 0.1) is 0 Å². The van der Waals surface area contributed by atoms with Crippen molar-refractivity contribution in [2.45, 2.75) is 13.0 Å². The largest absolute Gasteiger partial charge is 0.363 e. The van der Waals surface area contributed by atoms with Gasteiger partial charge in [0.25, 0.3) is 0 Å². The fraction of sp³-hybridized carbons (Fsp3) is 0.286. The third-order valence-corrected chi connectivity index (χ3v) is 3.45. The normalized spacial score (nSPS) is 11.9. The maximum atomic E-state index is 5.95. The molecule has 1 aromatic carbocycles. The monoisotopic (exact) mass is 308 g/mol. The molecule has 1 aromatic heterocycles. The van der Waals surface area contributed by atoms with E-state index in [1.807, 2.05) is 49.0 Å². The second kappa shape index (κ2) is 6.72. The van der Waals surface area contributed by atoms with E-state index in [0.717, 1.165) is 17.9 Å². The fourth-order valence-electron chi connectivity index (χ4n) is 1.95. The van der Waals surface area contributed by atoms with Gasteiger partial charge < -0.3 is 15.2 Å². The number of halogens is 1. The molecule has 0 aliphatic heterocycles. The van der Waals surface area contributed by atoms with E-state index < -0.39 is 0 Å².